The molecule has 3 aromatic carbocycles. The van der Waals surface area contributed by atoms with E-state index < -0.39 is 11.7 Å². The van der Waals surface area contributed by atoms with Gasteiger partial charge in [0.25, 0.3) is 0 Å². The Balaban J connectivity index is 1.33. The summed E-state index contributed by atoms with van der Waals surface area (Å²) in [4.78, 5) is 8.61. The Morgan fingerprint density at radius 3 is 2.27 bits per heavy atom. The molecule has 1 aliphatic heterocycles. The van der Waals surface area contributed by atoms with Gasteiger partial charge in [-0.15, -0.1) is 0 Å². The lowest BCUT2D eigenvalue weighted by Crippen LogP contribution is -2.37. The van der Waals surface area contributed by atoms with Crippen LogP contribution in [-0.2, 0) is 24.0 Å². The highest BCUT2D eigenvalue weighted by molar-refractivity contribution is 7.80. The molecule has 4 rings (SSSR count). The average Bonchev–Trinajstić information content (AvgIpc) is 2.96. The number of piperidine rings is 1. The number of nitrogens with zero attached hydrogens (tertiary/aromatic N) is 2. The molecule has 0 saturated carbocycles. The number of likely N-dealkylation sites (tertiary alicyclic amines) is 1. The van der Waals surface area contributed by atoms with Crippen LogP contribution in [0.15, 0.2) is 84.0 Å². The van der Waals surface area contributed by atoms with Gasteiger partial charge in [0, 0.05) is 13.0 Å². The van der Waals surface area contributed by atoms with Gasteiger partial charge in [0.15, 0.2) is 0 Å². The van der Waals surface area contributed by atoms with Gasteiger partial charge in [-0.25, -0.2) is 0 Å². The van der Waals surface area contributed by atoms with Crippen molar-refractivity contribution in [2.75, 3.05) is 33.3 Å². The molecule has 1 saturated heterocycles. The van der Waals surface area contributed by atoms with Crippen LogP contribution in [0.1, 0.15) is 35.1 Å². The van der Waals surface area contributed by atoms with Crippen LogP contribution in [0.4, 0.5) is 13.2 Å². The Hall–Kier alpha value is -3.43. The molecule has 40 heavy (non-hydrogen) atoms. The molecule has 0 spiro atoms. The highest BCUT2D eigenvalue weighted by Gasteiger charge is 2.29. The van der Waals surface area contributed by atoms with E-state index in [1.807, 2.05) is 54.6 Å². The van der Waals surface area contributed by atoms with Gasteiger partial charge in [0.2, 0.25) is 0 Å². The van der Waals surface area contributed by atoms with Crippen LogP contribution >= 0.6 is 12.2 Å². The van der Waals surface area contributed by atoms with Crippen molar-refractivity contribution in [2.24, 2.45) is 11.1 Å². The zero-order valence-electron chi connectivity index (χ0n) is 22.5. The number of benzene rings is 3. The Bertz CT molecular complexity index is 1240. The highest BCUT2D eigenvalue weighted by atomic mass is 32.1. The minimum absolute atomic E-state index is 0.0552. The monoisotopic (exact) mass is 569 g/mol. The van der Waals surface area contributed by atoms with Crippen molar-refractivity contribution in [3.63, 3.8) is 0 Å². The topological polar surface area (TPSA) is 46.1 Å². The summed E-state index contributed by atoms with van der Waals surface area (Å²) in [6, 6.07) is 22.3. The van der Waals surface area contributed by atoms with Crippen molar-refractivity contribution in [3.8, 4) is 5.75 Å². The molecular weight excluding hydrogens is 535 g/mol. The van der Waals surface area contributed by atoms with E-state index in [9.17, 15) is 13.2 Å². The van der Waals surface area contributed by atoms with E-state index in [0.29, 0.717) is 41.0 Å². The van der Waals surface area contributed by atoms with E-state index in [4.69, 9.17) is 21.8 Å². The largest absolute Gasteiger partial charge is 0.486 e. The molecule has 9 heteroatoms. The summed E-state index contributed by atoms with van der Waals surface area (Å²) in [7, 11) is 2.15. The predicted octanol–water partition coefficient (Wildman–Crippen LogP) is 6.51. The van der Waals surface area contributed by atoms with Crippen LogP contribution in [0.5, 0.6) is 5.75 Å². The Kier molecular flexibility index (Phi) is 10.5. The summed E-state index contributed by atoms with van der Waals surface area (Å²) in [5.74, 6) is 1.33. The second-order valence-electron chi connectivity index (χ2n) is 10.0. The lowest BCUT2D eigenvalue weighted by atomic mass is 9.97. The van der Waals surface area contributed by atoms with Gasteiger partial charge in [0.05, 0.1) is 11.3 Å². The third-order valence-corrected chi connectivity index (χ3v) is 7.15. The lowest BCUT2D eigenvalue weighted by molar-refractivity contribution is -0.137. The van der Waals surface area contributed by atoms with Crippen molar-refractivity contribution in [1.82, 2.24) is 10.2 Å². The van der Waals surface area contributed by atoms with Crippen LogP contribution in [0.25, 0.3) is 0 Å². The summed E-state index contributed by atoms with van der Waals surface area (Å²) in [6.45, 7) is 3.48. The number of hydrogen-bond donors (Lipinski definition) is 1. The average molecular weight is 570 g/mol. The first kappa shape index (κ1) is 29.6. The van der Waals surface area contributed by atoms with Crippen LogP contribution in [-0.4, -0.2) is 48.9 Å². The third kappa shape index (κ3) is 9.34. The number of halogens is 3. The number of rotatable bonds is 11. The van der Waals surface area contributed by atoms with E-state index >= 15 is 0 Å². The lowest BCUT2D eigenvalue weighted by Gasteiger charge is -2.29. The van der Waals surface area contributed by atoms with Gasteiger partial charge in [-0.05, 0) is 92.0 Å². The second-order valence-corrected chi connectivity index (χ2v) is 10.5. The number of oxime groups is 1. The standard InChI is InChI=1S/C31H34F3N3O2S/c1-37-17-15-24(16-18-37)20-35-30(40)22-38-28-13-9-26(10-14-28)29(19-23-5-3-2-4-6-23)36-39-21-25-7-11-27(12-8-25)31(32,33)34/h2-14,24H,15-22H2,1H3,(H,35,40)/b36-29+. The van der Waals surface area contributed by atoms with Crippen molar-refractivity contribution >= 4 is 22.9 Å². The molecule has 212 valence electrons. The van der Waals surface area contributed by atoms with Crippen LogP contribution in [0, 0.1) is 5.92 Å². The number of thiocarbonyl (C=S) groups is 1. The molecule has 1 N–H and O–H groups in total. The minimum atomic E-state index is -4.37. The van der Waals surface area contributed by atoms with Gasteiger partial charge in [-0.1, -0.05) is 59.8 Å². The van der Waals surface area contributed by atoms with E-state index in [1.54, 1.807) is 0 Å². The molecule has 1 aliphatic rings. The van der Waals surface area contributed by atoms with Gasteiger partial charge in [0.1, 0.15) is 24.0 Å². The molecule has 0 aromatic heterocycles. The summed E-state index contributed by atoms with van der Waals surface area (Å²) >= 11 is 5.46. The van der Waals surface area contributed by atoms with E-state index in [1.165, 1.54) is 25.0 Å². The molecule has 0 unspecified atom stereocenters. The van der Waals surface area contributed by atoms with Gasteiger partial charge >= 0.3 is 6.18 Å². The van der Waals surface area contributed by atoms with Crippen molar-refractivity contribution in [2.45, 2.75) is 32.0 Å². The first-order valence-corrected chi connectivity index (χ1v) is 13.7. The molecule has 0 amide bonds. The Morgan fingerprint density at radius 2 is 1.62 bits per heavy atom. The molecule has 5 nitrogen and oxygen atoms in total. The van der Waals surface area contributed by atoms with Crippen LogP contribution in [0.2, 0.25) is 0 Å². The molecular formula is C31H34F3N3O2S. The van der Waals surface area contributed by atoms with E-state index in [2.05, 4.69) is 22.4 Å². The summed E-state index contributed by atoms with van der Waals surface area (Å²) in [5, 5.41) is 7.69. The molecule has 0 radical (unpaired) electrons. The Morgan fingerprint density at radius 1 is 0.950 bits per heavy atom. The fraction of sp³-hybridized carbons (Fsp3) is 0.355. The number of alkyl halides is 3. The molecule has 1 heterocycles. The maximum atomic E-state index is 12.8. The number of nitrogens with one attached hydrogen (secondary N) is 1. The molecule has 0 aliphatic carbocycles. The molecule has 3 aromatic rings. The quantitative estimate of drug-likeness (QED) is 0.162. The van der Waals surface area contributed by atoms with Gasteiger partial charge in [-0.2, -0.15) is 13.2 Å². The SMILES string of the molecule is CN1CCC(CNC(=S)COc2ccc(/C(Cc3ccccc3)=N/OCc3ccc(C(F)(F)F)cc3)cc2)CC1. The maximum absolute atomic E-state index is 12.8. The van der Waals surface area contributed by atoms with Crippen LogP contribution in [0.3, 0.4) is 0 Å². The zero-order chi connectivity index (χ0) is 28.4. The van der Waals surface area contributed by atoms with Crippen molar-refractivity contribution in [1.29, 1.82) is 0 Å². The third-order valence-electron chi connectivity index (χ3n) is 6.89. The molecule has 1 fully saturated rings. The van der Waals surface area contributed by atoms with Gasteiger partial charge in [-0.3, -0.25) is 0 Å². The first-order valence-electron chi connectivity index (χ1n) is 13.3. The second kappa shape index (κ2) is 14.3. The van der Waals surface area contributed by atoms with Gasteiger partial charge < -0.3 is 19.8 Å². The summed E-state index contributed by atoms with van der Waals surface area (Å²) < 4.78 is 44.4. The number of hydrogen-bond acceptors (Lipinski definition) is 5. The van der Waals surface area contributed by atoms with E-state index in [-0.39, 0.29) is 6.61 Å². The smallest absolute Gasteiger partial charge is 0.416 e. The fourth-order valence-corrected chi connectivity index (χ4v) is 4.56. The maximum Gasteiger partial charge on any atom is 0.416 e. The normalized spacial score (nSPS) is 15.1. The minimum Gasteiger partial charge on any atom is -0.486 e. The van der Waals surface area contributed by atoms with Crippen molar-refractivity contribution in [3.05, 3.63) is 101 Å². The summed E-state index contributed by atoms with van der Waals surface area (Å²) in [5.41, 5.74) is 2.51. The molecule has 0 atom stereocenters. The highest BCUT2D eigenvalue weighted by Crippen LogP contribution is 2.29. The number of ether oxygens (including phenoxy) is 1. The molecule has 0 bridgehead atoms. The zero-order valence-corrected chi connectivity index (χ0v) is 23.3. The van der Waals surface area contributed by atoms with Crippen molar-refractivity contribution < 1.29 is 22.7 Å². The fourth-order valence-electron chi connectivity index (χ4n) is 4.42. The van der Waals surface area contributed by atoms with E-state index in [0.717, 1.165) is 42.9 Å². The summed E-state index contributed by atoms with van der Waals surface area (Å²) in [6.07, 6.45) is -1.49. The predicted molar refractivity (Wildman–Crippen MR) is 156 cm³/mol. The van der Waals surface area contributed by atoms with Crippen LogP contribution < -0.4 is 10.1 Å². The first-order chi connectivity index (χ1) is 19.3. The Labute approximate surface area is 239 Å².